The van der Waals surface area contributed by atoms with Gasteiger partial charge in [-0.2, -0.15) is 0 Å². The Balaban J connectivity index is 1.93. The summed E-state index contributed by atoms with van der Waals surface area (Å²) in [6, 6.07) is 17.9. The average molecular weight is 646 g/mol. The molecule has 0 amide bonds. The van der Waals surface area contributed by atoms with Gasteiger partial charge in [0, 0.05) is 18.3 Å². The van der Waals surface area contributed by atoms with E-state index in [-0.39, 0.29) is 11.9 Å². The molecule has 32 heavy (non-hydrogen) atoms. The second-order valence-electron chi connectivity index (χ2n) is 6.42. The summed E-state index contributed by atoms with van der Waals surface area (Å²) in [5, 5.41) is 0. The lowest BCUT2D eigenvalue weighted by Crippen LogP contribution is -2.00. The quantitative estimate of drug-likeness (QED) is 0.217. The van der Waals surface area contributed by atoms with Crippen LogP contribution in [0.2, 0.25) is 0 Å². The van der Waals surface area contributed by atoms with Crippen molar-refractivity contribution in [3.63, 3.8) is 0 Å². The molecular weight excluding hydrogens is 630 g/mol. The Hall–Kier alpha value is -2.82. The summed E-state index contributed by atoms with van der Waals surface area (Å²) in [6.07, 6.45) is 0. The molecule has 0 N–H and O–H groups in total. The molecule has 4 nitrogen and oxygen atoms in total. The minimum atomic E-state index is -0.381. The Morgan fingerprint density at radius 1 is 0.594 bits per heavy atom. The molecule has 0 aliphatic rings. The van der Waals surface area contributed by atoms with Gasteiger partial charge in [-0.15, -0.1) is 0 Å². The first kappa shape index (κ1) is 23.8. The summed E-state index contributed by atoms with van der Waals surface area (Å²) < 4.78 is 11.4. The fourth-order valence-electron chi connectivity index (χ4n) is 2.68. The topological polar surface area (TPSA) is 52.6 Å². The summed E-state index contributed by atoms with van der Waals surface area (Å²) in [5.41, 5.74) is 4.20. The number of halogens is 2. The summed E-state index contributed by atoms with van der Waals surface area (Å²) in [7, 11) is 2.70. The number of carbonyl (C=O) groups is 2. The van der Waals surface area contributed by atoms with E-state index < -0.39 is 0 Å². The van der Waals surface area contributed by atoms with Gasteiger partial charge in [0.1, 0.15) is 0 Å². The van der Waals surface area contributed by atoms with E-state index in [9.17, 15) is 9.59 Å². The number of hydrogen-bond acceptors (Lipinski definition) is 4. The maximum Gasteiger partial charge on any atom is 0.337 e. The first-order valence-electron chi connectivity index (χ1n) is 9.31. The minimum absolute atomic E-state index is 0.381. The van der Waals surface area contributed by atoms with Crippen LogP contribution in [0.1, 0.15) is 43.0 Å². The van der Waals surface area contributed by atoms with Crippen molar-refractivity contribution in [2.45, 2.75) is 0 Å². The van der Waals surface area contributed by atoms with Gasteiger partial charge in [-0.3, -0.25) is 0 Å². The van der Waals surface area contributed by atoms with Crippen LogP contribution < -0.4 is 0 Å². The van der Waals surface area contributed by atoms with E-state index in [0.29, 0.717) is 11.1 Å². The molecule has 0 aromatic heterocycles. The van der Waals surface area contributed by atoms with Crippen LogP contribution in [0.4, 0.5) is 0 Å². The highest BCUT2D eigenvalue weighted by Crippen LogP contribution is 2.22. The van der Waals surface area contributed by atoms with Gasteiger partial charge >= 0.3 is 11.9 Å². The van der Waals surface area contributed by atoms with E-state index in [0.717, 1.165) is 29.4 Å². The molecule has 0 aliphatic heterocycles. The Kier molecular flexibility index (Phi) is 8.32. The molecule has 158 valence electrons. The summed E-state index contributed by atoms with van der Waals surface area (Å²) in [6.45, 7) is 0. The fraction of sp³-hybridized carbons (Fsp3) is 0.0769. The molecule has 3 rings (SSSR count). The van der Waals surface area contributed by atoms with E-state index in [1.165, 1.54) is 14.2 Å². The van der Waals surface area contributed by atoms with Gasteiger partial charge in [0.2, 0.25) is 0 Å². The number of esters is 2. The van der Waals surface area contributed by atoms with Crippen molar-refractivity contribution >= 4 is 57.1 Å². The Morgan fingerprint density at radius 3 is 1.25 bits per heavy atom. The predicted molar refractivity (Wildman–Crippen MR) is 139 cm³/mol. The number of benzene rings is 3. The molecule has 0 saturated heterocycles. The predicted octanol–water partition coefficient (Wildman–Crippen LogP) is 5.27. The molecule has 0 unspecified atom stereocenters. The Labute approximate surface area is 214 Å². The SMILES string of the molecule is COC(=O)c1ccc(C#Cc2c(I)ccc(I)c2C#Cc2ccc(C(=O)OC)cc2)cc1. The van der Waals surface area contributed by atoms with Crippen LogP contribution in [0.25, 0.3) is 0 Å². The van der Waals surface area contributed by atoms with E-state index in [2.05, 4.69) is 68.9 Å². The normalized spacial score (nSPS) is 9.62. The first-order chi connectivity index (χ1) is 15.4. The van der Waals surface area contributed by atoms with Crippen molar-refractivity contribution in [1.82, 2.24) is 0 Å². The van der Waals surface area contributed by atoms with Gasteiger partial charge in [-0.1, -0.05) is 23.7 Å². The molecule has 0 radical (unpaired) electrons. The summed E-state index contributed by atoms with van der Waals surface area (Å²) >= 11 is 4.50. The highest BCUT2D eigenvalue weighted by molar-refractivity contribution is 14.1. The van der Waals surface area contributed by atoms with Crippen LogP contribution in [0.5, 0.6) is 0 Å². The van der Waals surface area contributed by atoms with Gasteiger partial charge in [0.15, 0.2) is 0 Å². The van der Waals surface area contributed by atoms with Gasteiger partial charge in [-0.25, -0.2) is 9.59 Å². The average Bonchev–Trinajstić information content (AvgIpc) is 2.83. The first-order valence-corrected chi connectivity index (χ1v) is 11.5. The van der Waals surface area contributed by atoms with Crippen molar-refractivity contribution in [3.05, 3.63) is 101 Å². The molecule has 0 fully saturated rings. The van der Waals surface area contributed by atoms with E-state index in [1.54, 1.807) is 48.5 Å². The van der Waals surface area contributed by atoms with Gasteiger partial charge < -0.3 is 9.47 Å². The zero-order valence-corrected chi connectivity index (χ0v) is 21.5. The third kappa shape index (κ3) is 5.90. The fourth-order valence-corrected chi connectivity index (χ4v) is 3.85. The molecule has 0 atom stereocenters. The summed E-state index contributed by atoms with van der Waals surface area (Å²) in [5.74, 6) is 12.0. The standard InChI is InChI=1S/C26H16I2O4/c1-31-25(29)19-9-3-17(4-10-19)7-13-21-22(24(28)16-15-23(21)27)14-8-18-5-11-20(12-6-18)26(30)32-2/h3-6,9-12,15-16H,1-2H3. The summed E-state index contributed by atoms with van der Waals surface area (Å²) in [4.78, 5) is 23.2. The molecule has 6 heteroatoms. The third-order valence-corrected chi connectivity index (χ3v) is 6.18. The molecule has 0 bridgehead atoms. The molecule has 0 saturated carbocycles. The van der Waals surface area contributed by atoms with E-state index >= 15 is 0 Å². The lowest BCUT2D eigenvalue weighted by molar-refractivity contribution is 0.0592. The molecule has 3 aromatic carbocycles. The molecule has 0 spiro atoms. The lowest BCUT2D eigenvalue weighted by atomic mass is 10.1. The molecular formula is C26H16I2O4. The van der Waals surface area contributed by atoms with Gasteiger partial charge in [-0.05, 0) is 106 Å². The molecule has 0 heterocycles. The van der Waals surface area contributed by atoms with Crippen LogP contribution in [-0.4, -0.2) is 26.2 Å². The van der Waals surface area contributed by atoms with Gasteiger partial charge in [0.25, 0.3) is 0 Å². The zero-order chi connectivity index (χ0) is 23.1. The zero-order valence-electron chi connectivity index (χ0n) is 17.2. The van der Waals surface area contributed by atoms with E-state index in [1.807, 2.05) is 12.1 Å². The maximum atomic E-state index is 11.6. The Bertz CT molecular complexity index is 1180. The van der Waals surface area contributed by atoms with Crippen LogP contribution in [0.3, 0.4) is 0 Å². The third-order valence-electron chi connectivity index (χ3n) is 4.38. The lowest BCUT2D eigenvalue weighted by Gasteiger charge is -2.04. The second-order valence-corrected chi connectivity index (χ2v) is 8.74. The maximum absolute atomic E-state index is 11.6. The van der Waals surface area contributed by atoms with Crippen LogP contribution in [0.15, 0.2) is 60.7 Å². The van der Waals surface area contributed by atoms with E-state index in [4.69, 9.17) is 9.47 Å². The van der Waals surface area contributed by atoms with Crippen LogP contribution in [0, 0.1) is 30.8 Å². The number of methoxy groups -OCH3 is 2. The van der Waals surface area contributed by atoms with Crippen LogP contribution in [-0.2, 0) is 9.47 Å². The highest BCUT2D eigenvalue weighted by Gasteiger charge is 2.08. The smallest absolute Gasteiger partial charge is 0.337 e. The number of ether oxygens (including phenoxy) is 2. The largest absolute Gasteiger partial charge is 0.465 e. The van der Waals surface area contributed by atoms with Crippen molar-refractivity contribution in [1.29, 1.82) is 0 Å². The highest BCUT2D eigenvalue weighted by atomic mass is 127. The van der Waals surface area contributed by atoms with Crippen molar-refractivity contribution in [2.75, 3.05) is 14.2 Å². The monoisotopic (exact) mass is 646 g/mol. The number of rotatable bonds is 2. The van der Waals surface area contributed by atoms with Crippen molar-refractivity contribution in [2.24, 2.45) is 0 Å². The molecule has 0 aliphatic carbocycles. The number of carbonyl (C=O) groups excluding carboxylic acids is 2. The van der Waals surface area contributed by atoms with Crippen molar-refractivity contribution < 1.29 is 19.1 Å². The Morgan fingerprint density at radius 2 is 0.938 bits per heavy atom. The minimum Gasteiger partial charge on any atom is -0.465 e. The number of hydrogen-bond donors (Lipinski definition) is 0. The van der Waals surface area contributed by atoms with Crippen molar-refractivity contribution in [3.8, 4) is 23.7 Å². The molecule has 3 aromatic rings. The second kappa shape index (κ2) is 11.2. The van der Waals surface area contributed by atoms with Crippen LogP contribution >= 0.6 is 45.2 Å². The van der Waals surface area contributed by atoms with Gasteiger partial charge in [0.05, 0.1) is 36.5 Å².